The third-order valence-electron chi connectivity index (χ3n) is 9.34. The van der Waals surface area contributed by atoms with Gasteiger partial charge in [-0.25, -0.2) is 9.59 Å². The number of piperidine rings is 1. The zero-order valence-corrected chi connectivity index (χ0v) is 25.7. The van der Waals surface area contributed by atoms with Gasteiger partial charge < -0.3 is 25.3 Å². The van der Waals surface area contributed by atoms with Crippen LogP contribution in [0.25, 0.3) is 10.9 Å². The lowest BCUT2D eigenvalue weighted by molar-refractivity contribution is -0.135. The summed E-state index contributed by atoms with van der Waals surface area (Å²) in [5, 5.41) is 14.4. The highest BCUT2D eigenvalue weighted by molar-refractivity contribution is 5.90. The number of allylic oxidation sites excluding steroid dienone is 2. The molecule has 5 amide bonds. The van der Waals surface area contributed by atoms with E-state index in [2.05, 4.69) is 39.9 Å². The number of fused-ring (bicyclic) bond motifs is 3. The minimum absolute atomic E-state index is 0.0446. The van der Waals surface area contributed by atoms with Crippen LogP contribution in [0.2, 0.25) is 0 Å². The van der Waals surface area contributed by atoms with E-state index in [9.17, 15) is 14.4 Å². The molecule has 0 bridgehead atoms. The summed E-state index contributed by atoms with van der Waals surface area (Å²) in [6, 6.07) is 12.8. The first kappa shape index (κ1) is 29.5. The Morgan fingerprint density at radius 2 is 1.89 bits per heavy atom. The molecule has 3 aliphatic heterocycles. The minimum Gasteiger partial charge on any atom is -0.330 e. The molecule has 1 saturated heterocycles. The second-order valence-corrected chi connectivity index (χ2v) is 12.0. The van der Waals surface area contributed by atoms with Gasteiger partial charge in [-0.2, -0.15) is 5.10 Å². The first-order valence-corrected chi connectivity index (χ1v) is 15.6. The van der Waals surface area contributed by atoms with E-state index in [1.165, 1.54) is 0 Å². The maximum Gasteiger partial charge on any atom is 0.322 e. The normalized spacial score (nSPS) is 20.6. The number of benzene rings is 2. The fourth-order valence-electron chi connectivity index (χ4n) is 6.65. The summed E-state index contributed by atoms with van der Waals surface area (Å²) in [6.07, 6.45) is 8.71. The molecule has 0 saturated carbocycles. The summed E-state index contributed by atoms with van der Waals surface area (Å²) in [5.74, 6) is -0.0998. The van der Waals surface area contributed by atoms with Crippen LogP contribution >= 0.6 is 0 Å². The average molecular weight is 596 g/mol. The van der Waals surface area contributed by atoms with Crippen LogP contribution in [0.4, 0.5) is 9.59 Å². The highest BCUT2D eigenvalue weighted by Crippen LogP contribution is 2.32. The van der Waals surface area contributed by atoms with E-state index in [0.717, 1.165) is 45.3 Å². The number of aromatic nitrogens is 2. The van der Waals surface area contributed by atoms with Crippen molar-refractivity contribution in [2.45, 2.75) is 71.1 Å². The highest BCUT2D eigenvalue weighted by atomic mass is 16.2. The zero-order valence-electron chi connectivity index (χ0n) is 25.7. The van der Waals surface area contributed by atoms with Gasteiger partial charge in [0.15, 0.2) is 0 Å². The highest BCUT2D eigenvalue weighted by Gasteiger charge is 2.37. The van der Waals surface area contributed by atoms with Crippen molar-refractivity contribution in [2.24, 2.45) is 0 Å². The van der Waals surface area contributed by atoms with E-state index in [1.54, 1.807) is 4.90 Å². The summed E-state index contributed by atoms with van der Waals surface area (Å²) < 4.78 is 0. The van der Waals surface area contributed by atoms with Gasteiger partial charge in [-0.05, 0) is 61.4 Å². The molecular formula is C34H41N7O3. The standard InChI is InChI=1S/C34H41N7O3/c1-4-5-9-26-20-41(34(44)36-22(26)2)27-14-16-39(17-15-27)33(43)37-31-18-25-12-13-30-28(19-35-38-30)29(25)21-40(32(31)42)23(3)24-10-7-6-8-11-24/h5-13,19,23,27,31H,4,14-18,20-21H2,1-3H3,(H,35,38)(H,36,44)(H,37,43)/b9-5-/t23-,31+/m0/s1. The first-order valence-electron chi connectivity index (χ1n) is 15.6. The lowest BCUT2D eigenvalue weighted by Gasteiger charge is -2.41. The quantitative estimate of drug-likeness (QED) is 0.372. The van der Waals surface area contributed by atoms with Crippen molar-refractivity contribution in [1.29, 1.82) is 0 Å². The topological polar surface area (TPSA) is 114 Å². The van der Waals surface area contributed by atoms with Crippen molar-refractivity contribution in [1.82, 2.24) is 35.5 Å². The third-order valence-corrected chi connectivity index (χ3v) is 9.34. The Labute approximate surface area is 258 Å². The Morgan fingerprint density at radius 1 is 1.11 bits per heavy atom. The molecule has 10 nitrogen and oxygen atoms in total. The molecule has 0 radical (unpaired) electrons. The molecule has 1 aromatic heterocycles. The van der Waals surface area contributed by atoms with E-state index >= 15 is 0 Å². The number of carbonyl (C=O) groups is 3. The van der Waals surface area contributed by atoms with Gasteiger partial charge in [-0.3, -0.25) is 9.89 Å². The van der Waals surface area contributed by atoms with Gasteiger partial charge in [0.2, 0.25) is 5.91 Å². The SMILES string of the molecule is CC/C=C\C1=C(C)NC(=O)N(C2CCN(C(=O)N[C@@H]3Cc4ccc5[nH]ncc5c4CN([C@@H](C)c4ccccc4)C3=O)CC2)C1. The fourth-order valence-corrected chi connectivity index (χ4v) is 6.65. The lowest BCUT2D eigenvalue weighted by Crippen LogP contribution is -2.57. The van der Waals surface area contributed by atoms with Crippen LogP contribution in [0.15, 0.2) is 72.1 Å². The van der Waals surface area contributed by atoms with Gasteiger partial charge in [0, 0.05) is 49.7 Å². The van der Waals surface area contributed by atoms with E-state index in [0.29, 0.717) is 45.4 Å². The van der Waals surface area contributed by atoms with Crippen LogP contribution in [-0.2, 0) is 17.8 Å². The Hall–Kier alpha value is -4.60. The molecule has 10 heteroatoms. The summed E-state index contributed by atoms with van der Waals surface area (Å²) >= 11 is 0. The van der Waals surface area contributed by atoms with Gasteiger partial charge in [-0.1, -0.05) is 55.5 Å². The van der Waals surface area contributed by atoms with E-state index in [-0.39, 0.29) is 30.1 Å². The molecule has 3 aromatic rings. The van der Waals surface area contributed by atoms with Crippen molar-refractivity contribution in [2.75, 3.05) is 19.6 Å². The number of hydrogen-bond donors (Lipinski definition) is 3. The number of nitrogens with zero attached hydrogens (tertiary/aromatic N) is 4. The van der Waals surface area contributed by atoms with Crippen molar-refractivity contribution >= 4 is 28.9 Å². The van der Waals surface area contributed by atoms with Crippen molar-refractivity contribution in [3.8, 4) is 0 Å². The van der Waals surface area contributed by atoms with Gasteiger partial charge in [0.25, 0.3) is 0 Å². The molecule has 2 aromatic carbocycles. The van der Waals surface area contributed by atoms with Crippen LogP contribution in [0, 0.1) is 0 Å². The Kier molecular flexibility index (Phi) is 8.41. The maximum absolute atomic E-state index is 14.2. The van der Waals surface area contributed by atoms with Crippen molar-refractivity contribution < 1.29 is 14.4 Å². The van der Waals surface area contributed by atoms with Crippen molar-refractivity contribution in [3.63, 3.8) is 0 Å². The smallest absolute Gasteiger partial charge is 0.322 e. The number of H-pyrrole nitrogens is 1. The minimum atomic E-state index is -0.703. The van der Waals surface area contributed by atoms with Gasteiger partial charge in [0.05, 0.1) is 17.8 Å². The number of urea groups is 2. The molecule has 2 atom stereocenters. The van der Waals surface area contributed by atoms with Gasteiger partial charge >= 0.3 is 12.1 Å². The molecule has 6 rings (SSSR count). The third kappa shape index (κ3) is 5.80. The Morgan fingerprint density at radius 3 is 2.64 bits per heavy atom. The predicted molar refractivity (Wildman–Crippen MR) is 169 cm³/mol. The van der Waals surface area contributed by atoms with Crippen LogP contribution in [0.5, 0.6) is 0 Å². The lowest BCUT2D eigenvalue weighted by atomic mass is 9.98. The molecule has 3 aliphatic rings. The summed E-state index contributed by atoms with van der Waals surface area (Å²) in [7, 11) is 0. The molecule has 0 spiro atoms. The molecular weight excluding hydrogens is 554 g/mol. The molecule has 1 fully saturated rings. The van der Waals surface area contributed by atoms with E-state index in [1.807, 2.05) is 72.3 Å². The number of aromatic amines is 1. The molecule has 3 N–H and O–H groups in total. The molecule has 230 valence electrons. The van der Waals surface area contributed by atoms with E-state index < -0.39 is 6.04 Å². The number of likely N-dealkylation sites (tertiary alicyclic amines) is 1. The fraction of sp³-hybridized carbons (Fsp3) is 0.412. The van der Waals surface area contributed by atoms with Crippen LogP contribution in [0.1, 0.15) is 62.8 Å². The van der Waals surface area contributed by atoms with Crippen LogP contribution < -0.4 is 10.6 Å². The number of hydrogen-bond acceptors (Lipinski definition) is 4. The number of amides is 5. The Balaban J connectivity index is 1.17. The average Bonchev–Trinajstić information content (AvgIpc) is 3.47. The van der Waals surface area contributed by atoms with Crippen LogP contribution in [-0.4, -0.2) is 74.6 Å². The molecule has 0 unspecified atom stereocenters. The van der Waals surface area contributed by atoms with Gasteiger partial charge in [-0.15, -0.1) is 0 Å². The zero-order chi connectivity index (χ0) is 30.8. The molecule has 44 heavy (non-hydrogen) atoms. The second kappa shape index (κ2) is 12.6. The predicted octanol–water partition coefficient (Wildman–Crippen LogP) is 5.02. The number of rotatable bonds is 6. The van der Waals surface area contributed by atoms with Gasteiger partial charge in [0.1, 0.15) is 6.04 Å². The molecule has 0 aliphatic carbocycles. The largest absolute Gasteiger partial charge is 0.330 e. The van der Waals surface area contributed by atoms with Crippen LogP contribution in [0.3, 0.4) is 0 Å². The van der Waals surface area contributed by atoms with Crippen molar-refractivity contribution in [3.05, 3.63) is 88.8 Å². The summed E-state index contributed by atoms with van der Waals surface area (Å²) in [5.41, 5.74) is 6.06. The first-order chi connectivity index (χ1) is 21.3. The number of carbonyl (C=O) groups excluding carboxylic acids is 3. The second-order valence-electron chi connectivity index (χ2n) is 12.0. The number of nitrogens with one attached hydrogen (secondary N) is 3. The maximum atomic E-state index is 14.2. The van der Waals surface area contributed by atoms with E-state index in [4.69, 9.17) is 0 Å². The Bertz CT molecular complexity index is 1600. The molecule has 4 heterocycles. The monoisotopic (exact) mass is 595 g/mol. The summed E-state index contributed by atoms with van der Waals surface area (Å²) in [4.78, 5) is 46.2. The summed E-state index contributed by atoms with van der Waals surface area (Å²) in [6.45, 7) is 8.09.